The van der Waals surface area contributed by atoms with Crippen LogP contribution in [0.2, 0.25) is 0 Å². The van der Waals surface area contributed by atoms with Crippen LogP contribution in [0.5, 0.6) is 5.75 Å². The Morgan fingerprint density at radius 3 is 2.57 bits per heavy atom. The number of aliphatic hydroxyl groups is 1. The molecule has 1 heterocycles. The van der Waals surface area contributed by atoms with Gasteiger partial charge < -0.3 is 25.3 Å². The van der Waals surface area contributed by atoms with E-state index in [1.54, 1.807) is 11.3 Å². The van der Waals surface area contributed by atoms with Gasteiger partial charge in [0.25, 0.3) is 0 Å². The molecule has 3 aromatic rings. The van der Waals surface area contributed by atoms with E-state index in [4.69, 9.17) is 14.6 Å². The van der Waals surface area contributed by atoms with Gasteiger partial charge in [0, 0.05) is 17.7 Å². The van der Waals surface area contributed by atoms with Crippen LogP contribution >= 0.6 is 11.3 Å². The van der Waals surface area contributed by atoms with E-state index in [0.29, 0.717) is 17.9 Å². The first-order valence-corrected chi connectivity index (χ1v) is 13.2. The molecule has 1 atom stereocenters. The van der Waals surface area contributed by atoms with E-state index in [1.807, 2.05) is 52.9 Å². The molecule has 0 fully saturated rings. The molecule has 0 saturated carbocycles. The van der Waals surface area contributed by atoms with Crippen molar-refractivity contribution in [2.75, 3.05) is 27.2 Å². The van der Waals surface area contributed by atoms with Gasteiger partial charge in [-0.1, -0.05) is 29.5 Å². The summed E-state index contributed by atoms with van der Waals surface area (Å²) < 4.78 is 5.70. The highest BCUT2D eigenvalue weighted by Crippen LogP contribution is 2.37. The van der Waals surface area contributed by atoms with Crippen LogP contribution in [0.4, 0.5) is 0 Å². The van der Waals surface area contributed by atoms with E-state index < -0.39 is 0 Å². The minimum Gasteiger partial charge on any atom is -0.490 e. The van der Waals surface area contributed by atoms with Crippen LogP contribution in [0.15, 0.2) is 36.4 Å². The summed E-state index contributed by atoms with van der Waals surface area (Å²) in [6, 6.07) is 14.3. The molecule has 2 aromatic carbocycles. The Kier molecular flexibility index (Phi) is 12.9. The van der Waals surface area contributed by atoms with Crippen LogP contribution < -0.4 is 15.4 Å². The Morgan fingerprint density at radius 1 is 1.14 bits per heavy atom. The molecular formula is C28H37N5O3S. The number of carbonyl (C=O) groups excluding carboxylic acids is 1. The molecule has 3 N–H and O–H groups in total. The molecule has 1 unspecified atom stereocenters. The Bertz CT molecular complexity index is 1160. The molecule has 0 aliphatic heterocycles. The van der Waals surface area contributed by atoms with Gasteiger partial charge in [0.1, 0.15) is 28.6 Å². The number of ether oxygens (including phenoxy) is 1. The number of aromatic nitrogens is 2. The lowest BCUT2D eigenvalue weighted by molar-refractivity contribution is -0.0980. The summed E-state index contributed by atoms with van der Waals surface area (Å²) in [6.45, 7) is 7.46. The maximum absolute atomic E-state index is 9.43. The van der Waals surface area contributed by atoms with Crippen LogP contribution in [-0.2, 0) is 17.6 Å². The molecule has 0 amide bonds. The second-order valence-electron chi connectivity index (χ2n) is 8.80. The van der Waals surface area contributed by atoms with Gasteiger partial charge in [0.15, 0.2) is 0 Å². The second kappa shape index (κ2) is 15.8. The molecule has 0 saturated heterocycles. The molecule has 1 aliphatic carbocycles. The van der Waals surface area contributed by atoms with E-state index in [2.05, 4.69) is 45.1 Å². The number of aryl methyl sites for hydroxylation is 1. The molecule has 8 nitrogen and oxygen atoms in total. The van der Waals surface area contributed by atoms with Gasteiger partial charge in [-0.2, -0.15) is 5.26 Å². The van der Waals surface area contributed by atoms with Crippen molar-refractivity contribution in [1.82, 2.24) is 20.8 Å². The van der Waals surface area contributed by atoms with Gasteiger partial charge in [-0.3, -0.25) is 0 Å². The van der Waals surface area contributed by atoms with Crippen molar-refractivity contribution in [2.24, 2.45) is 0 Å². The zero-order chi connectivity index (χ0) is 27.2. The largest absolute Gasteiger partial charge is 0.490 e. The molecular weight excluding hydrogens is 486 g/mol. The van der Waals surface area contributed by atoms with Gasteiger partial charge in [0.2, 0.25) is 0 Å². The number of hydrogen-bond donors (Lipinski definition) is 3. The number of carbonyl (C=O) groups is 1. The first-order chi connectivity index (χ1) is 18.0. The quantitative estimate of drug-likeness (QED) is 0.385. The molecule has 37 heavy (non-hydrogen) atoms. The molecule has 1 aliphatic rings. The summed E-state index contributed by atoms with van der Waals surface area (Å²) in [5.74, 6) is 0.608. The lowest BCUT2D eigenvalue weighted by atomic mass is 10.0. The van der Waals surface area contributed by atoms with Crippen molar-refractivity contribution >= 4 is 18.1 Å². The number of likely N-dealkylation sites (N-methyl/N-ethyl adjacent to an activating group) is 1. The zero-order valence-electron chi connectivity index (χ0n) is 22.1. The van der Waals surface area contributed by atoms with E-state index >= 15 is 0 Å². The average Bonchev–Trinajstić information content (AvgIpc) is 3.59. The summed E-state index contributed by atoms with van der Waals surface area (Å²) in [4.78, 5) is 8.00. The Morgan fingerprint density at radius 2 is 1.89 bits per heavy atom. The fourth-order valence-electron chi connectivity index (χ4n) is 4.02. The Labute approximate surface area is 223 Å². The SMILES string of the molecule is C=O.CC(C)Oc1ccc(-c2nnc(-c3cccc4c3CCC4)s2)cc1C#N.CNCCC(O)CNC. The normalized spacial score (nSPS) is 12.5. The molecule has 4 rings (SSSR count). The zero-order valence-corrected chi connectivity index (χ0v) is 22.9. The molecule has 0 bridgehead atoms. The van der Waals surface area contributed by atoms with Gasteiger partial charge in [-0.25, -0.2) is 0 Å². The summed E-state index contributed by atoms with van der Waals surface area (Å²) in [7, 11) is 3.72. The van der Waals surface area contributed by atoms with Gasteiger partial charge in [-0.15, -0.1) is 10.2 Å². The number of benzene rings is 2. The van der Waals surface area contributed by atoms with Crippen molar-refractivity contribution in [2.45, 2.75) is 51.7 Å². The van der Waals surface area contributed by atoms with Crippen LogP contribution in [0, 0.1) is 11.3 Å². The van der Waals surface area contributed by atoms with Gasteiger partial charge >= 0.3 is 0 Å². The maximum atomic E-state index is 9.43. The number of nitrogens with one attached hydrogen (secondary N) is 2. The van der Waals surface area contributed by atoms with Crippen LogP contribution in [0.1, 0.15) is 43.4 Å². The summed E-state index contributed by atoms with van der Waals surface area (Å²) >= 11 is 1.57. The number of fused-ring (bicyclic) bond motifs is 1. The molecule has 0 spiro atoms. The summed E-state index contributed by atoms with van der Waals surface area (Å²) in [5.41, 5.74) is 5.46. The minimum atomic E-state index is -0.206. The van der Waals surface area contributed by atoms with Crippen molar-refractivity contribution in [1.29, 1.82) is 5.26 Å². The van der Waals surface area contributed by atoms with E-state index in [9.17, 15) is 5.26 Å². The van der Waals surface area contributed by atoms with Crippen molar-refractivity contribution in [3.8, 4) is 33.0 Å². The molecule has 1 aromatic heterocycles. The van der Waals surface area contributed by atoms with Crippen LogP contribution in [0.25, 0.3) is 21.1 Å². The number of aliphatic hydroxyl groups excluding tert-OH is 1. The fourth-order valence-corrected chi connectivity index (χ4v) is 4.92. The Balaban J connectivity index is 0.000000374. The Hall–Kier alpha value is -3.16. The predicted molar refractivity (Wildman–Crippen MR) is 149 cm³/mol. The molecule has 0 radical (unpaired) electrons. The first kappa shape index (κ1) is 30.1. The van der Waals surface area contributed by atoms with Gasteiger partial charge in [0.05, 0.1) is 17.8 Å². The van der Waals surface area contributed by atoms with E-state index in [0.717, 1.165) is 41.4 Å². The highest BCUT2D eigenvalue weighted by atomic mass is 32.1. The van der Waals surface area contributed by atoms with Crippen LogP contribution in [-0.4, -0.2) is 61.5 Å². The van der Waals surface area contributed by atoms with Crippen molar-refractivity contribution in [3.63, 3.8) is 0 Å². The van der Waals surface area contributed by atoms with E-state index in [-0.39, 0.29) is 12.2 Å². The second-order valence-corrected chi connectivity index (χ2v) is 9.78. The smallest absolute Gasteiger partial charge is 0.148 e. The van der Waals surface area contributed by atoms with Crippen LogP contribution in [0.3, 0.4) is 0 Å². The number of nitriles is 1. The number of hydrogen-bond acceptors (Lipinski definition) is 9. The number of rotatable bonds is 9. The fraction of sp³-hybridized carbons (Fsp3) is 0.429. The lowest BCUT2D eigenvalue weighted by Crippen LogP contribution is -2.26. The topological polar surface area (TPSA) is 120 Å². The molecule has 9 heteroatoms. The highest BCUT2D eigenvalue weighted by Gasteiger charge is 2.19. The standard InChI is InChI=1S/C21H19N3OS.C6H16N2O.CH2O/c1-13(2)25-19-10-9-15(11-16(19)12-22)20-23-24-21(26-20)18-8-4-6-14-5-3-7-17(14)18;1-7-4-3-6(9)5-8-2;1-2/h4,6,8-11,13H,3,5,7H2,1-2H3;6-9H,3-5H2,1-2H3;1H2. The summed E-state index contributed by atoms with van der Waals surface area (Å²) in [5, 5.41) is 34.9. The highest BCUT2D eigenvalue weighted by molar-refractivity contribution is 7.17. The maximum Gasteiger partial charge on any atom is 0.148 e. The predicted octanol–water partition coefficient (Wildman–Crippen LogP) is 4.01. The minimum absolute atomic E-state index is 0.0289. The third-order valence-corrected chi connectivity index (χ3v) is 6.68. The molecule has 198 valence electrons. The third-order valence-electron chi connectivity index (χ3n) is 5.68. The van der Waals surface area contributed by atoms with Gasteiger partial charge in [-0.05, 0) is 89.5 Å². The number of nitrogens with zero attached hydrogens (tertiary/aromatic N) is 3. The van der Waals surface area contributed by atoms with E-state index in [1.165, 1.54) is 23.1 Å². The summed E-state index contributed by atoms with van der Waals surface area (Å²) in [6.07, 6.45) is 4.11. The first-order valence-electron chi connectivity index (χ1n) is 12.4. The average molecular weight is 524 g/mol. The third kappa shape index (κ3) is 8.72. The monoisotopic (exact) mass is 523 g/mol. The van der Waals surface area contributed by atoms with Crippen molar-refractivity contribution in [3.05, 3.63) is 53.1 Å². The van der Waals surface area contributed by atoms with Crippen molar-refractivity contribution < 1.29 is 14.6 Å². The lowest BCUT2D eigenvalue weighted by Gasteiger charge is -2.11.